The van der Waals surface area contributed by atoms with Crippen molar-refractivity contribution in [2.45, 2.75) is 32.9 Å². The molecule has 3 aromatic heterocycles. The lowest BCUT2D eigenvalue weighted by molar-refractivity contribution is 0.0902. The summed E-state index contributed by atoms with van der Waals surface area (Å²) in [6.07, 6.45) is 7.99. The first-order valence-electron chi connectivity index (χ1n) is 10.1. The number of pyridine rings is 1. The topological polar surface area (TPSA) is 67.4 Å². The molecule has 7 nitrogen and oxygen atoms in total. The van der Waals surface area contributed by atoms with Crippen LogP contribution in [0, 0.1) is 12.8 Å². The number of nitrogens with zero attached hydrogens (tertiary/aromatic N) is 5. The Labute approximate surface area is 170 Å². The molecule has 0 bridgehead atoms. The van der Waals surface area contributed by atoms with Crippen LogP contribution in [0.1, 0.15) is 29.5 Å². The molecule has 1 aliphatic heterocycles. The molecule has 1 saturated heterocycles. The van der Waals surface area contributed by atoms with Crippen LogP contribution in [0.2, 0.25) is 0 Å². The van der Waals surface area contributed by atoms with Crippen molar-refractivity contribution in [1.29, 1.82) is 0 Å². The van der Waals surface area contributed by atoms with Gasteiger partial charge >= 0.3 is 0 Å². The van der Waals surface area contributed by atoms with Crippen LogP contribution in [0.3, 0.4) is 0 Å². The molecule has 152 valence electrons. The van der Waals surface area contributed by atoms with E-state index in [-0.39, 0.29) is 11.9 Å². The molecular weight excluding hydrogens is 366 g/mol. The molecule has 1 aliphatic rings. The van der Waals surface area contributed by atoms with Crippen molar-refractivity contribution in [2.75, 3.05) is 24.5 Å². The van der Waals surface area contributed by atoms with Crippen molar-refractivity contribution in [1.82, 2.24) is 19.7 Å². The molecule has 0 N–H and O–H groups in total. The van der Waals surface area contributed by atoms with Gasteiger partial charge in [0.1, 0.15) is 5.82 Å². The standard InChI is InChI=1S/C22H27N5O2/c1-17-6-9-23-21(15-17)27(22(28)20-5-3-14-29-20)19-7-11-25(16-18(19)2)12-13-26-10-4-8-24-26/h3-6,8-10,14-15,18-19H,7,11-13,16H2,1-2H3/t18-,19+/m0/s1. The highest BCUT2D eigenvalue weighted by Crippen LogP contribution is 2.28. The SMILES string of the molecule is Cc1ccnc(N(C(=O)c2ccco2)[C@@H]2CCN(CCn3cccn3)C[C@@H]2C)c1. The Morgan fingerprint density at radius 1 is 1.28 bits per heavy atom. The summed E-state index contributed by atoms with van der Waals surface area (Å²) in [5, 5.41) is 4.28. The third-order valence-corrected chi connectivity index (χ3v) is 5.58. The minimum Gasteiger partial charge on any atom is -0.459 e. The second kappa shape index (κ2) is 8.61. The zero-order chi connectivity index (χ0) is 20.2. The minimum absolute atomic E-state index is 0.0721. The van der Waals surface area contributed by atoms with E-state index in [9.17, 15) is 4.79 Å². The van der Waals surface area contributed by atoms with Gasteiger partial charge in [0, 0.05) is 44.3 Å². The fraction of sp³-hybridized carbons (Fsp3) is 0.409. The van der Waals surface area contributed by atoms with Gasteiger partial charge in [-0.25, -0.2) is 4.98 Å². The number of aryl methyl sites for hydroxylation is 1. The first-order chi connectivity index (χ1) is 14.1. The smallest absolute Gasteiger partial charge is 0.295 e. The molecule has 0 radical (unpaired) electrons. The molecule has 0 aromatic carbocycles. The minimum atomic E-state index is -0.130. The predicted molar refractivity (Wildman–Crippen MR) is 111 cm³/mol. The number of rotatable bonds is 6. The van der Waals surface area contributed by atoms with E-state index in [2.05, 4.69) is 21.9 Å². The van der Waals surface area contributed by atoms with Gasteiger partial charge < -0.3 is 9.32 Å². The van der Waals surface area contributed by atoms with Crippen LogP contribution < -0.4 is 4.90 Å². The van der Waals surface area contributed by atoms with Gasteiger partial charge in [-0.15, -0.1) is 0 Å². The van der Waals surface area contributed by atoms with E-state index in [0.29, 0.717) is 17.5 Å². The summed E-state index contributed by atoms with van der Waals surface area (Å²) in [6.45, 7) is 7.92. The average Bonchev–Trinajstić information content (AvgIpc) is 3.42. The Hall–Kier alpha value is -2.93. The fourth-order valence-electron chi connectivity index (χ4n) is 4.08. The van der Waals surface area contributed by atoms with E-state index in [1.54, 1.807) is 18.3 Å². The van der Waals surface area contributed by atoms with Gasteiger partial charge in [0.05, 0.1) is 12.8 Å². The molecule has 0 aliphatic carbocycles. The number of hydrogen-bond acceptors (Lipinski definition) is 5. The van der Waals surface area contributed by atoms with Gasteiger partial charge in [-0.3, -0.25) is 14.4 Å². The highest BCUT2D eigenvalue weighted by molar-refractivity contribution is 6.04. The van der Waals surface area contributed by atoms with Crippen molar-refractivity contribution in [3.8, 4) is 0 Å². The molecule has 4 rings (SSSR count). The molecule has 3 aromatic rings. The molecule has 29 heavy (non-hydrogen) atoms. The number of anilines is 1. The third-order valence-electron chi connectivity index (χ3n) is 5.58. The van der Waals surface area contributed by atoms with Gasteiger partial charge in [0.2, 0.25) is 0 Å². The fourth-order valence-corrected chi connectivity index (χ4v) is 4.08. The zero-order valence-electron chi connectivity index (χ0n) is 16.9. The van der Waals surface area contributed by atoms with Gasteiger partial charge in [0.25, 0.3) is 5.91 Å². The van der Waals surface area contributed by atoms with Gasteiger partial charge in [0.15, 0.2) is 5.76 Å². The highest BCUT2D eigenvalue weighted by Gasteiger charge is 2.36. The number of likely N-dealkylation sites (tertiary alicyclic amines) is 1. The molecule has 1 fully saturated rings. The van der Waals surface area contributed by atoms with Crippen molar-refractivity contribution in [3.63, 3.8) is 0 Å². The van der Waals surface area contributed by atoms with E-state index < -0.39 is 0 Å². The Balaban J connectivity index is 1.51. The molecule has 1 amide bonds. The zero-order valence-corrected chi connectivity index (χ0v) is 16.9. The number of amides is 1. The number of aromatic nitrogens is 3. The number of furan rings is 1. The predicted octanol–water partition coefficient (Wildman–Crippen LogP) is 3.24. The van der Waals surface area contributed by atoms with Crippen molar-refractivity contribution in [3.05, 3.63) is 66.5 Å². The average molecular weight is 393 g/mol. The lowest BCUT2D eigenvalue weighted by Crippen LogP contribution is -2.53. The van der Waals surface area contributed by atoms with Crippen molar-refractivity contribution >= 4 is 11.7 Å². The number of carbonyl (C=O) groups is 1. The van der Waals surface area contributed by atoms with Crippen LogP contribution in [-0.2, 0) is 6.54 Å². The van der Waals surface area contributed by atoms with Crippen LogP contribution in [0.25, 0.3) is 0 Å². The number of hydrogen-bond donors (Lipinski definition) is 0. The van der Waals surface area contributed by atoms with Crippen molar-refractivity contribution in [2.24, 2.45) is 5.92 Å². The maximum atomic E-state index is 13.3. The first-order valence-corrected chi connectivity index (χ1v) is 10.1. The van der Waals surface area contributed by atoms with E-state index >= 15 is 0 Å². The molecule has 0 saturated carbocycles. The number of carbonyl (C=O) groups excluding carboxylic acids is 1. The summed E-state index contributed by atoms with van der Waals surface area (Å²) in [4.78, 5) is 22.1. The molecule has 7 heteroatoms. The van der Waals surface area contributed by atoms with Crippen LogP contribution in [0.15, 0.2) is 59.6 Å². The maximum absolute atomic E-state index is 13.3. The largest absolute Gasteiger partial charge is 0.459 e. The lowest BCUT2D eigenvalue weighted by Gasteiger charge is -2.42. The normalized spacial score (nSPS) is 19.9. The number of piperidine rings is 1. The molecule has 2 atom stereocenters. The summed E-state index contributed by atoms with van der Waals surface area (Å²) < 4.78 is 7.37. The molecule has 0 unspecified atom stereocenters. The van der Waals surface area contributed by atoms with Crippen LogP contribution in [0.4, 0.5) is 5.82 Å². The summed E-state index contributed by atoms with van der Waals surface area (Å²) in [7, 11) is 0. The Bertz CT molecular complexity index is 923. The second-order valence-electron chi connectivity index (χ2n) is 7.75. The third kappa shape index (κ3) is 4.40. The maximum Gasteiger partial charge on any atom is 0.295 e. The highest BCUT2D eigenvalue weighted by atomic mass is 16.3. The Morgan fingerprint density at radius 2 is 2.17 bits per heavy atom. The van der Waals surface area contributed by atoms with E-state index in [0.717, 1.165) is 38.2 Å². The Kier molecular flexibility index (Phi) is 5.76. The summed E-state index contributed by atoms with van der Waals surface area (Å²) in [5.41, 5.74) is 1.08. The van der Waals surface area contributed by atoms with Gasteiger partial charge in [-0.05, 0) is 55.2 Å². The molecule has 0 spiro atoms. The summed E-state index contributed by atoms with van der Waals surface area (Å²) in [6, 6.07) is 9.40. The van der Waals surface area contributed by atoms with Crippen LogP contribution >= 0.6 is 0 Å². The molecular formula is C22H27N5O2. The quantitative estimate of drug-likeness (QED) is 0.643. The van der Waals surface area contributed by atoms with Gasteiger partial charge in [-0.2, -0.15) is 5.10 Å². The van der Waals surface area contributed by atoms with E-state index in [1.165, 1.54) is 6.26 Å². The van der Waals surface area contributed by atoms with Gasteiger partial charge in [-0.1, -0.05) is 6.92 Å². The summed E-state index contributed by atoms with van der Waals surface area (Å²) in [5.74, 6) is 1.22. The monoisotopic (exact) mass is 393 g/mol. The van der Waals surface area contributed by atoms with E-state index in [4.69, 9.17) is 4.42 Å². The van der Waals surface area contributed by atoms with Crippen LogP contribution in [0.5, 0.6) is 0 Å². The van der Waals surface area contributed by atoms with E-state index in [1.807, 2.05) is 47.1 Å². The molecule has 4 heterocycles. The Morgan fingerprint density at radius 3 is 2.86 bits per heavy atom. The van der Waals surface area contributed by atoms with Crippen molar-refractivity contribution < 1.29 is 9.21 Å². The summed E-state index contributed by atoms with van der Waals surface area (Å²) >= 11 is 0. The second-order valence-corrected chi connectivity index (χ2v) is 7.75. The first kappa shape index (κ1) is 19.4. The lowest BCUT2D eigenvalue weighted by atomic mass is 9.92. The van der Waals surface area contributed by atoms with Crippen LogP contribution in [-0.4, -0.2) is 51.2 Å².